The summed E-state index contributed by atoms with van der Waals surface area (Å²) in [5.41, 5.74) is 0. The first-order valence-electron chi connectivity index (χ1n) is 6.41. The molecule has 1 aliphatic carbocycles. The van der Waals surface area contributed by atoms with Crippen molar-refractivity contribution in [1.82, 2.24) is 10.2 Å². The van der Waals surface area contributed by atoms with Gasteiger partial charge in [-0.1, -0.05) is 0 Å². The Morgan fingerprint density at radius 1 is 1.56 bits per heavy atom. The number of fused-ring (bicyclic) bond motifs is 2. The van der Waals surface area contributed by atoms with E-state index in [0.29, 0.717) is 19.4 Å². The first-order valence-corrected chi connectivity index (χ1v) is 6.41. The molecular formula is C12H16FN3O2. The zero-order chi connectivity index (χ0) is 12.9. The van der Waals surface area contributed by atoms with Gasteiger partial charge < -0.3 is 10.0 Å². The number of nitrogens with one attached hydrogen (secondary N) is 1. The van der Waals surface area contributed by atoms with Crippen LogP contribution in [0.15, 0.2) is 0 Å². The molecular weight excluding hydrogens is 237 g/mol. The van der Waals surface area contributed by atoms with Crippen molar-refractivity contribution in [1.29, 1.82) is 5.26 Å². The molecule has 2 bridgehead atoms. The Labute approximate surface area is 105 Å². The van der Waals surface area contributed by atoms with Gasteiger partial charge in [-0.15, -0.1) is 0 Å². The van der Waals surface area contributed by atoms with Crippen LogP contribution >= 0.6 is 0 Å². The van der Waals surface area contributed by atoms with Crippen molar-refractivity contribution < 1.29 is 14.3 Å². The molecule has 0 radical (unpaired) electrons. The molecule has 0 aromatic rings. The Kier molecular flexibility index (Phi) is 2.76. The number of piperidine rings is 1. The lowest BCUT2D eigenvalue weighted by Crippen LogP contribution is -2.53. The number of aliphatic hydroxyl groups excluding tert-OH is 1. The number of alkyl halides is 1. The second kappa shape index (κ2) is 4.18. The molecule has 1 saturated carbocycles. The maximum absolute atomic E-state index is 13.8. The Balaban J connectivity index is 1.74. The normalized spacial score (nSPS) is 46.4. The molecule has 98 valence electrons. The van der Waals surface area contributed by atoms with Crippen LogP contribution in [0.2, 0.25) is 0 Å². The van der Waals surface area contributed by atoms with Gasteiger partial charge in [0.15, 0.2) is 0 Å². The molecule has 2 N–H and O–H groups in total. The van der Waals surface area contributed by atoms with Crippen LogP contribution in [0.5, 0.6) is 0 Å². The SMILES string of the molecule is N#C[C@@H]1CCCN1C(=O)[C@H]1N[C@@H]2[C@H](F)[C@H]1C[C@H]2O. The highest BCUT2D eigenvalue weighted by Crippen LogP contribution is 2.39. The quantitative estimate of drug-likeness (QED) is 0.664. The Morgan fingerprint density at radius 2 is 2.33 bits per heavy atom. The molecule has 2 aliphatic heterocycles. The average molecular weight is 253 g/mol. The summed E-state index contributed by atoms with van der Waals surface area (Å²) < 4.78 is 13.8. The molecule has 3 rings (SSSR count). The highest BCUT2D eigenvalue weighted by Gasteiger charge is 2.56. The van der Waals surface area contributed by atoms with Gasteiger partial charge in [-0.3, -0.25) is 10.1 Å². The third-order valence-electron chi connectivity index (χ3n) is 4.43. The number of rotatable bonds is 1. The van der Waals surface area contributed by atoms with Crippen molar-refractivity contribution in [2.45, 2.75) is 49.7 Å². The lowest BCUT2D eigenvalue weighted by Gasteiger charge is -2.29. The predicted molar refractivity (Wildman–Crippen MR) is 60.1 cm³/mol. The van der Waals surface area contributed by atoms with Crippen molar-refractivity contribution >= 4 is 5.91 Å². The summed E-state index contributed by atoms with van der Waals surface area (Å²) in [7, 11) is 0. The summed E-state index contributed by atoms with van der Waals surface area (Å²) in [5, 5.41) is 21.4. The number of carbonyl (C=O) groups excluding carboxylic acids is 1. The topological polar surface area (TPSA) is 76.4 Å². The fourth-order valence-corrected chi connectivity index (χ4v) is 3.49. The van der Waals surface area contributed by atoms with Crippen LogP contribution in [-0.2, 0) is 4.79 Å². The van der Waals surface area contributed by atoms with Crippen LogP contribution in [0.1, 0.15) is 19.3 Å². The summed E-state index contributed by atoms with van der Waals surface area (Å²) in [4.78, 5) is 13.9. The number of hydrogen-bond acceptors (Lipinski definition) is 4. The number of carbonyl (C=O) groups is 1. The van der Waals surface area contributed by atoms with E-state index in [4.69, 9.17) is 5.26 Å². The second-order valence-corrected chi connectivity index (χ2v) is 5.40. The molecule has 0 aromatic carbocycles. The van der Waals surface area contributed by atoms with Gasteiger partial charge in [0, 0.05) is 12.5 Å². The summed E-state index contributed by atoms with van der Waals surface area (Å²) in [5.74, 6) is -0.626. The lowest BCUT2D eigenvalue weighted by atomic mass is 9.97. The minimum atomic E-state index is -1.16. The van der Waals surface area contributed by atoms with E-state index in [1.165, 1.54) is 0 Å². The molecule has 1 amide bonds. The third kappa shape index (κ3) is 1.54. The highest BCUT2D eigenvalue weighted by atomic mass is 19.1. The molecule has 0 unspecified atom stereocenters. The molecule has 5 nitrogen and oxygen atoms in total. The van der Waals surface area contributed by atoms with Gasteiger partial charge in [0.1, 0.15) is 12.2 Å². The maximum Gasteiger partial charge on any atom is 0.241 e. The smallest absolute Gasteiger partial charge is 0.241 e. The molecule has 3 fully saturated rings. The van der Waals surface area contributed by atoms with E-state index in [1.807, 2.05) is 0 Å². The van der Waals surface area contributed by atoms with Gasteiger partial charge in [-0.2, -0.15) is 5.26 Å². The third-order valence-corrected chi connectivity index (χ3v) is 4.43. The summed E-state index contributed by atoms with van der Waals surface area (Å²) in [6, 6.07) is 0.557. The van der Waals surface area contributed by atoms with Gasteiger partial charge in [0.25, 0.3) is 0 Å². The number of aliphatic hydroxyl groups is 1. The van der Waals surface area contributed by atoms with Crippen LogP contribution < -0.4 is 5.32 Å². The average Bonchev–Trinajstić information content (AvgIpc) is 3.02. The highest BCUT2D eigenvalue weighted by molar-refractivity contribution is 5.84. The first kappa shape index (κ1) is 11.9. The first-order chi connectivity index (χ1) is 8.63. The zero-order valence-electron chi connectivity index (χ0n) is 9.92. The molecule has 0 spiro atoms. The number of likely N-dealkylation sites (tertiary alicyclic amines) is 1. The maximum atomic E-state index is 13.8. The minimum Gasteiger partial charge on any atom is -0.391 e. The van der Waals surface area contributed by atoms with Crippen molar-refractivity contribution in [2.24, 2.45) is 5.92 Å². The van der Waals surface area contributed by atoms with Gasteiger partial charge in [0.2, 0.25) is 5.91 Å². The molecule has 0 aromatic heterocycles. The van der Waals surface area contributed by atoms with E-state index in [-0.39, 0.29) is 11.9 Å². The molecule has 2 heterocycles. The van der Waals surface area contributed by atoms with Gasteiger partial charge in [-0.25, -0.2) is 4.39 Å². The van der Waals surface area contributed by atoms with Crippen LogP contribution in [0, 0.1) is 17.2 Å². The monoisotopic (exact) mass is 253 g/mol. The summed E-state index contributed by atoms with van der Waals surface area (Å²) in [6.45, 7) is 0.576. The lowest BCUT2D eigenvalue weighted by molar-refractivity contribution is -0.135. The van der Waals surface area contributed by atoms with Crippen molar-refractivity contribution in [3.05, 3.63) is 0 Å². The van der Waals surface area contributed by atoms with Crippen LogP contribution in [0.3, 0.4) is 0 Å². The number of nitriles is 1. The minimum absolute atomic E-state index is 0.180. The molecule has 6 heteroatoms. The number of amides is 1. The summed E-state index contributed by atoms with van der Waals surface area (Å²) >= 11 is 0. The number of halogens is 1. The Morgan fingerprint density at radius 3 is 2.89 bits per heavy atom. The number of nitrogens with zero attached hydrogens (tertiary/aromatic N) is 2. The Hall–Kier alpha value is -1.19. The van der Waals surface area contributed by atoms with Crippen molar-refractivity contribution in [3.8, 4) is 6.07 Å². The second-order valence-electron chi connectivity index (χ2n) is 5.40. The fourth-order valence-electron chi connectivity index (χ4n) is 3.49. The van der Waals surface area contributed by atoms with Gasteiger partial charge in [-0.05, 0) is 19.3 Å². The van der Waals surface area contributed by atoms with E-state index in [0.717, 1.165) is 6.42 Å². The van der Waals surface area contributed by atoms with E-state index < -0.39 is 30.3 Å². The van der Waals surface area contributed by atoms with Gasteiger partial charge >= 0.3 is 0 Å². The number of hydrogen-bond donors (Lipinski definition) is 2. The van der Waals surface area contributed by atoms with E-state index in [2.05, 4.69) is 11.4 Å². The van der Waals surface area contributed by atoms with Crippen LogP contribution in [0.4, 0.5) is 4.39 Å². The molecule has 18 heavy (non-hydrogen) atoms. The predicted octanol–water partition coefficient (Wildman–Crippen LogP) is -0.440. The van der Waals surface area contributed by atoms with Crippen molar-refractivity contribution in [3.63, 3.8) is 0 Å². The standard InChI is InChI=1S/C12H16FN3O2/c13-9-7-4-8(17)11(9)15-10(7)12(18)16-3-1-2-6(16)5-14/h6-11,15,17H,1-4H2/t6-,7+,8+,9+,10-,11-/m0/s1. The molecule has 6 atom stereocenters. The fraction of sp³-hybridized carbons (Fsp3) is 0.833. The largest absolute Gasteiger partial charge is 0.391 e. The summed E-state index contributed by atoms with van der Waals surface area (Å²) in [6.07, 6.45) is 0.00814. The van der Waals surface area contributed by atoms with Gasteiger partial charge in [0.05, 0.1) is 24.3 Å². The van der Waals surface area contributed by atoms with E-state index >= 15 is 0 Å². The molecule has 2 saturated heterocycles. The van der Waals surface area contributed by atoms with Crippen LogP contribution in [-0.4, -0.2) is 52.9 Å². The Bertz CT molecular complexity index is 411. The zero-order valence-corrected chi connectivity index (χ0v) is 9.92. The van der Waals surface area contributed by atoms with E-state index in [9.17, 15) is 14.3 Å². The van der Waals surface area contributed by atoms with E-state index in [1.54, 1.807) is 4.90 Å². The van der Waals surface area contributed by atoms with Crippen molar-refractivity contribution in [2.75, 3.05) is 6.54 Å². The molecule has 3 aliphatic rings. The van der Waals surface area contributed by atoms with Crippen LogP contribution in [0.25, 0.3) is 0 Å².